The Bertz CT molecular complexity index is 806. The van der Waals surface area contributed by atoms with Crippen LogP contribution in [-0.2, 0) is 20.1 Å². The van der Waals surface area contributed by atoms with Gasteiger partial charge in [0.25, 0.3) is 0 Å². The third-order valence-corrected chi connectivity index (χ3v) is 4.22. The van der Waals surface area contributed by atoms with Crippen molar-refractivity contribution in [2.75, 3.05) is 27.8 Å². The molecule has 0 unspecified atom stereocenters. The summed E-state index contributed by atoms with van der Waals surface area (Å²) in [5.74, 6) is 3.94. The van der Waals surface area contributed by atoms with E-state index >= 15 is 0 Å². The number of benzene rings is 1. The summed E-state index contributed by atoms with van der Waals surface area (Å²) in [7, 11) is 7.20. The predicted molar refractivity (Wildman–Crippen MR) is 122 cm³/mol. The van der Waals surface area contributed by atoms with Gasteiger partial charge in [0.15, 0.2) is 11.8 Å². The van der Waals surface area contributed by atoms with Crippen molar-refractivity contribution in [1.29, 1.82) is 0 Å². The van der Waals surface area contributed by atoms with Crippen molar-refractivity contribution in [3.05, 3.63) is 48.1 Å². The third kappa shape index (κ3) is 6.11. The zero-order valence-electron chi connectivity index (χ0n) is 17.1. The summed E-state index contributed by atoms with van der Waals surface area (Å²) in [6, 6.07) is 5.78. The molecule has 2 rings (SSSR count). The molecule has 0 bridgehead atoms. The van der Waals surface area contributed by atoms with Crippen LogP contribution >= 0.6 is 24.0 Å². The van der Waals surface area contributed by atoms with Crippen molar-refractivity contribution in [3.8, 4) is 11.5 Å². The van der Waals surface area contributed by atoms with Crippen molar-refractivity contribution in [2.24, 2.45) is 12.0 Å². The largest absolute Gasteiger partial charge is 0.497 e. The maximum Gasteiger partial charge on any atom is 0.194 e. The number of hydrogen-bond donors (Lipinski definition) is 1. The molecule has 0 spiro atoms. The van der Waals surface area contributed by atoms with Crippen LogP contribution in [0, 0.1) is 6.92 Å². The van der Waals surface area contributed by atoms with Crippen molar-refractivity contribution >= 4 is 29.9 Å². The minimum atomic E-state index is 0. The smallest absolute Gasteiger partial charge is 0.194 e. The average molecular weight is 500 g/mol. The van der Waals surface area contributed by atoms with Crippen LogP contribution in [0.5, 0.6) is 11.5 Å². The van der Waals surface area contributed by atoms with Crippen LogP contribution in [0.25, 0.3) is 0 Å². The van der Waals surface area contributed by atoms with Gasteiger partial charge in [0.1, 0.15) is 23.9 Å². The molecule has 0 amide bonds. The van der Waals surface area contributed by atoms with Gasteiger partial charge in [0.05, 0.1) is 14.2 Å². The zero-order valence-corrected chi connectivity index (χ0v) is 19.4. The van der Waals surface area contributed by atoms with Crippen LogP contribution in [0.3, 0.4) is 0 Å². The van der Waals surface area contributed by atoms with Crippen molar-refractivity contribution in [3.63, 3.8) is 0 Å². The molecule has 0 aliphatic carbocycles. The Morgan fingerprint density at radius 2 is 2.07 bits per heavy atom. The summed E-state index contributed by atoms with van der Waals surface area (Å²) in [4.78, 5) is 6.71. The molecule has 28 heavy (non-hydrogen) atoms. The summed E-state index contributed by atoms with van der Waals surface area (Å²) >= 11 is 0. The molecule has 0 saturated carbocycles. The normalized spacial score (nSPS) is 10.8. The summed E-state index contributed by atoms with van der Waals surface area (Å²) in [6.07, 6.45) is 1.80. The second kappa shape index (κ2) is 11.5. The van der Waals surface area contributed by atoms with E-state index in [-0.39, 0.29) is 24.0 Å². The summed E-state index contributed by atoms with van der Waals surface area (Å²) in [6.45, 7) is 7.34. The van der Waals surface area contributed by atoms with Crippen LogP contribution in [0.1, 0.15) is 17.2 Å². The molecular weight excluding hydrogens is 471 g/mol. The number of hydrogen-bond acceptors (Lipinski definition) is 5. The minimum absolute atomic E-state index is 0. The molecule has 2 aromatic rings. The fourth-order valence-electron chi connectivity index (χ4n) is 2.52. The minimum Gasteiger partial charge on any atom is -0.497 e. The molecule has 1 heterocycles. The highest BCUT2D eigenvalue weighted by Gasteiger charge is 2.12. The maximum atomic E-state index is 5.49. The first-order valence-corrected chi connectivity index (χ1v) is 8.66. The molecule has 1 N–H and O–H groups in total. The summed E-state index contributed by atoms with van der Waals surface area (Å²) in [5, 5.41) is 11.5. The third-order valence-electron chi connectivity index (χ3n) is 4.22. The van der Waals surface area contributed by atoms with Crippen molar-refractivity contribution < 1.29 is 9.47 Å². The van der Waals surface area contributed by atoms with Crippen LogP contribution in [0.2, 0.25) is 0 Å². The molecule has 0 fully saturated rings. The highest BCUT2D eigenvalue weighted by atomic mass is 127. The van der Waals surface area contributed by atoms with Gasteiger partial charge in [-0.15, -0.1) is 40.8 Å². The van der Waals surface area contributed by atoms with E-state index in [4.69, 9.17) is 9.47 Å². The van der Waals surface area contributed by atoms with Gasteiger partial charge < -0.3 is 24.3 Å². The molecule has 0 aliphatic heterocycles. The first-order valence-electron chi connectivity index (χ1n) is 8.66. The quantitative estimate of drug-likeness (QED) is 0.260. The number of aliphatic imine (C=N–C) groups is 1. The van der Waals surface area contributed by atoms with Gasteiger partial charge >= 0.3 is 0 Å². The maximum absolute atomic E-state index is 5.49. The number of guanidine groups is 1. The van der Waals surface area contributed by atoms with E-state index < -0.39 is 0 Å². The van der Waals surface area contributed by atoms with Gasteiger partial charge in [-0.25, -0.2) is 4.99 Å². The van der Waals surface area contributed by atoms with Crippen LogP contribution in [-0.4, -0.2) is 53.4 Å². The lowest BCUT2D eigenvalue weighted by atomic mass is 10.2. The molecule has 1 aromatic carbocycles. The molecule has 154 valence electrons. The van der Waals surface area contributed by atoms with Crippen molar-refractivity contribution in [2.45, 2.75) is 20.0 Å². The van der Waals surface area contributed by atoms with E-state index in [2.05, 4.69) is 27.1 Å². The molecule has 0 aliphatic rings. The fraction of sp³-hybridized carbons (Fsp3) is 0.421. The Hall–Kier alpha value is -2.30. The van der Waals surface area contributed by atoms with E-state index in [9.17, 15) is 0 Å². The topological polar surface area (TPSA) is 76.8 Å². The van der Waals surface area contributed by atoms with E-state index in [0.29, 0.717) is 19.6 Å². The molecular formula is C19H29IN6O2. The van der Waals surface area contributed by atoms with E-state index in [1.165, 1.54) is 0 Å². The van der Waals surface area contributed by atoms with Gasteiger partial charge in [0, 0.05) is 38.8 Å². The number of nitrogens with zero attached hydrogens (tertiary/aromatic N) is 5. The van der Waals surface area contributed by atoms with Crippen LogP contribution in [0.15, 0.2) is 35.8 Å². The molecule has 0 radical (unpaired) electrons. The Kier molecular flexibility index (Phi) is 9.77. The van der Waals surface area contributed by atoms with E-state index in [0.717, 1.165) is 34.7 Å². The standard InChI is InChI=1S/C19H28N6O2.HI/c1-7-10-20-19(21-12-18-23-22-14(2)25(18)4)24(3)13-15-8-9-16(26-5)11-17(15)27-6;/h7-9,11H,1,10,12-13H2,2-6H3,(H,20,21);1H. The molecule has 8 nitrogen and oxygen atoms in total. The monoisotopic (exact) mass is 500 g/mol. The average Bonchev–Trinajstić information content (AvgIpc) is 3.00. The molecule has 0 atom stereocenters. The summed E-state index contributed by atoms with van der Waals surface area (Å²) in [5.41, 5.74) is 1.03. The molecule has 1 aromatic heterocycles. The summed E-state index contributed by atoms with van der Waals surface area (Å²) < 4.78 is 12.7. The Morgan fingerprint density at radius 3 is 2.64 bits per heavy atom. The number of ether oxygens (including phenoxy) is 2. The number of methoxy groups -OCH3 is 2. The van der Waals surface area contributed by atoms with E-state index in [1.807, 2.05) is 48.7 Å². The van der Waals surface area contributed by atoms with Crippen LogP contribution < -0.4 is 14.8 Å². The first-order chi connectivity index (χ1) is 13.0. The van der Waals surface area contributed by atoms with Gasteiger partial charge in [-0.1, -0.05) is 6.08 Å². The highest BCUT2D eigenvalue weighted by molar-refractivity contribution is 14.0. The van der Waals surface area contributed by atoms with Gasteiger partial charge in [0.2, 0.25) is 0 Å². The predicted octanol–water partition coefficient (Wildman–Crippen LogP) is 2.52. The Morgan fingerprint density at radius 1 is 1.32 bits per heavy atom. The highest BCUT2D eigenvalue weighted by Crippen LogP contribution is 2.25. The van der Waals surface area contributed by atoms with Gasteiger partial charge in [-0.05, 0) is 19.1 Å². The van der Waals surface area contributed by atoms with Crippen LogP contribution in [0.4, 0.5) is 0 Å². The number of nitrogens with one attached hydrogen (secondary N) is 1. The van der Waals surface area contributed by atoms with Crippen molar-refractivity contribution in [1.82, 2.24) is 25.0 Å². The Labute approximate surface area is 183 Å². The fourth-order valence-corrected chi connectivity index (χ4v) is 2.52. The first kappa shape index (κ1) is 23.7. The lowest BCUT2D eigenvalue weighted by molar-refractivity contribution is 0.382. The molecule has 9 heteroatoms. The molecule has 0 saturated heterocycles. The number of aryl methyl sites for hydroxylation is 1. The second-order valence-corrected chi connectivity index (χ2v) is 6.07. The van der Waals surface area contributed by atoms with E-state index in [1.54, 1.807) is 20.3 Å². The number of halogens is 1. The lowest BCUT2D eigenvalue weighted by Gasteiger charge is -2.23. The lowest BCUT2D eigenvalue weighted by Crippen LogP contribution is -2.38. The second-order valence-electron chi connectivity index (χ2n) is 6.07. The van der Waals surface area contributed by atoms with Gasteiger partial charge in [-0.3, -0.25) is 0 Å². The SMILES string of the molecule is C=CCNC(=NCc1nnc(C)n1C)N(C)Cc1ccc(OC)cc1OC.I. The van der Waals surface area contributed by atoms with Gasteiger partial charge in [-0.2, -0.15) is 0 Å². The zero-order chi connectivity index (χ0) is 19.8. The Balaban J connectivity index is 0.00000392. The number of aromatic nitrogens is 3. The number of rotatable bonds is 8.